The molecule has 1 saturated carbocycles. The number of benzene rings is 3. The van der Waals surface area contributed by atoms with Crippen LogP contribution in [0.3, 0.4) is 0 Å². The van der Waals surface area contributed by atoms with Gasteiger partial charge in [0, 0.05) is 25.3 Å². The molecule has 3 aromatic rings. The average Bonchev–Trinajstić information content (AvgIpc) is 3.01. The number of rotatable bonds is 15. The first-order valence-corrected chi connectivity index (χ1v) is 16.3. The molecule has 9 nitrogen and oxygen atoms in total. The van der Waals surface area contributed by atoms with Crippen molar-refractivity contribution in [2.75, 3.05) is 26.9 Å². The third-order valence-electron chi connectivity index (χ3n) is 7.23. The van der Waals surface area contributed by atoms with E-state index in [0.717, 1.165) is 53.7 Å². The molecular formula is C33H42N2O7S. The van der Waals surface area contributed by atoms with E-state index >= 15 is 0 Å². The summed E-state index contributed by atoms with van der Waals surface area (Å²) in [5.74, 6) is 1.47. The van der Waals surface area contributed by atoms with Crippen molar-refractivity contribution in [3.63, 3.8) is 0 Å². The molecule has 232 valence electrons. The van der Waals surface area contributed by atoms with Gasteiger partial charge in [0.1, 0.15) is 18.1 Å². The number of hydrogen-bond acceptors (Lipinski definition) is 7. The fraction of sp³-hybridized carbons (Fsp3) is 0.424. The van der Waals surface area contributed by atoms with Crippen molar-refractivity contribution in [2.24, 2.45) is 0 Å². The Kier molecular flexibility index (Phi) is 12.3. The SMILES string of the molecule is CCCNC(=O)OS(=O)(=O)NC(Cc1cccc(-c2ccc(OCCOC)cc2OC2CCCCC2)c1)c1ccccc1. The van der Waals surface area contributed by atoms with Crippen LogP contribution in [0.4, 0.5) is 4.79 Å². The van der Waals surface area contributed by atoms with Crippen LogP contribution in [0.5, 0.6) is 11.5 Å². The Hall–Kier alpha value is -3.60. The fourth-order valence-electron chi connectivity index (χ4n) is 5.10. The Balaban J connectivity index is 1.59. The van der Waals surface area contributed by atoms with Crippen LogP contribution in [0.1, 0.15) is 62.6 Å². The second-order valence-electron chi connectivity index (χ2n) is 10.6. The predicted molar refractivity (Wildman–Crippen MR) is 166 cm³/mol. The van der Waals surface area contributed by atoms with Crippen molar-refractivity contribution >= 4 is 16.4 Å². The highest BCUT2D eigenvalue weighted by Gasteiger charge is 2.24. The topological polar surface area (TPSA) is 112 Å². The van der Waals surface area contributed by atoms with Gasteiger partial charge < -0.3 is 23.7 Å². The molecule has 43 heavy (non-hydrogen) atoms. The van der Waals surface area contributed by atoms with Gasteiger partial charge in [-0.1, -0.05) is 67.9 Å². The van der Waals surface area contributed by atoms with E-state index in [1.165, 1.54) is 6.42 Å². The van der Waals surface area contributed by atoms with Gasteiger partial charge in [0.15, 0.2) is 0 Å². The lowest BCUT2D eigenvalue weighted by atomic mass is 9.95. The zero-order chi connectivity index (χ0) is 30.5. The fourth-order valence-corrected chi connectivity index (χ4v) is 5.98. The first-order chi connectivity index (χ1) is 20.9. The van der Waals surface area contributed by atoms with Gasteiger partial charge in [-0.3, -0.25) is 0 Å². The second kappa shape index (κ2) is 16.3. The third-order valence-corrected chi connectivity index (χ3v) is 8.17. The second-order valence-corrected chi connectivity index (χ2v) is 11.9. The van der Waals surface area contributed by atoms with Crippen LogP contribution in [-0.2, 0) is 25.6 Å². The van der Waals surface area contributed by atoms with Crippen LogP contribution < -0.4 is 19.5 Å². The van der Waals surface area contributed by atoms with Crippen molar-refractivity contribution in [3.8, 4) is 22.6 Å². The highest BCUT2D eigenvalue weighted by Crippen LogP contribution is 2.37. The minimum Gasteiger partial charge on any atom is -0.491 e. The first kappa shape index (κ1) is 32.3. The summed E-state index contributed by atoms with van der Waals surface area (Å²) in [6, 6.07) is 22.4. The lowest BCUT2D eigenvalue weighted by Gasteiger charge is -2.25. The largest absolute Gasteiger partial charge is 0.491 e. The Labute approximate surface area is 255 Å². The molecule has 1 aliphatic carbocycles. The molecule has 0 heterocycles. The van der Waals surface area contributed by atoms with E-state index in [4.69, 9.17) is 18.4 Å². The van der Waals surface area contributed by atoms with E-state index in [0.29, 0.717) is 38.3 Å². The number of carbonyl (C=O) groups is 1. The summed E-state index contributed by atoms with van der Waals surface area (Å²) in [6.07, 6.45) is 5.70. The molecule has 0 saturated heterocycles. The minimum atomic E-state index is -4.38. The Morgan fingerprint density at radius 1 is 0.953 bits per heavy atom. The third kappa shape index (κ3) is 10.3. The van der Waals surface area contributed by atoms with E-state index in [1.54, 1.807) is 7.11 Å². The summed E-state index contributed by atoms with van der Waals surface area (Å²) < 4.78 is 50.4. The highest BCUT2D eigenvalue weighted by molar-refractivity contribution is 7.85. The zero-order valence-electron chi connectivity index (χ0n) is 24.9. The predicted octanol–water partition coefficient (Wildman–Crippen LogP) is 6.34. The van der Waals surface area contributed by atoms with Crippen LogP contribution in [0.25, 0.3) is 11.1 Å². The summed E-state index contributed by atoms with van der Waals surface area (Å²) >= 11 is 0. The summed E-state index contributed by atoms with van der Waals surface area (Å²) in [5.41, 5.74) is 3.51. The molecule has 3 aromatic carbocycles. The highest BCUT2D eigenvalue weighted by atomic mass is 32.2. The Morgan fingerprint density at radius 3 is 2.49 bits per heavy atom. The van der Waals surface area contributed by atoms with Crippen molar-refractivity contribution in [3.05, 3.63) is 83.9 Å². The van der Waals surface area contributed by atoms with Gasteiger partial charge in [0.25, 0.3) is 0 Å². The molecule has 0 radical (unpaired) electrons. The van der Waals surface area contributed by atoms with Crippen molar-refractivity contribution in [2.45, 2.75) is 64.0 Å². The number of methoxy groups -OCH3 is 1. The Bertz CT molecular complexity index is 1410. The van der Waals surface area contributed by atoms with Gasteiger partial charge in [0.2, 0.25) is 0 Å². The molecule has 0 aromatic heterocycles. The molecule has 0 bridgehead atoms. The van der Waals surface area contributed by atoms with Crippen LogP contribution in [-0.4, -0.2) is 47.5 Å². The molecule has 1 aliphatic rings. The summed E-state index contributed by atoms with van der Waals surface area (Å²) in [5, 5.41) is 2.42. The van der Waals surface area contributed by atoms with E-state index in [-0.39, 0.29) is 6.10 Å². The van der Waals surface area contributed by atoms with Crippen LogP contribution >= 0.6 is 0 Å². The molecule has 0 aliphatic heterocycles. The molecule has 1 fully saturated rings. The van der Waals surface area contributed by atoms with E-state index in [9.17, 15) is 13.2 Å². The zero-order valence-corrected chi connectivity index (χ0v) is 25.7. The smallest absolute Gasteiger partial charge is 0.423 e. The molecule has 1 unspecified atom stereocenters. The minimum absolute atomic E-state index is 0.149. The quantitative estimate of drug-likeness (QED) is 0.193. The van der Waals surface area contributed by atoms with Gasteiger partial charge in [-0.05, 0) is 67.3 Å². The molecule has 2 N–H and O–H groups in total. The van der Waals surface area contributed by atoms with Crippen molar-refractivity contribution in [1.82, 2.24) is 10.0 Å². The van der Waals surface area contributed by atoms with Crippen molar-refractivity contribution < 1.29 is 31.6 Å². The van der Waals surface area contributed by atoms with Crippen molar-refractivity contribution in [1.29, 1.82) is 0 Å². The average molecular weight is 611 g/mol. The Morgan fingerprint density at radius 2 is 1.74 bits per heavy atom. The maximum atomic E-state index is 12.8. The monoisotopic (exact) mass is 610 g/mol. The first-order valence-electron chi connectivity index (χ1n) is 14.9. The van der Waals surface area contributed by atoms with Crippen LogP contribution in [0.2, 0.25) is 0 Å². The maximum absolute atomic E-state index is 12.8. The molecule has 10 heteroatoms. The van der Waals surface area contributed by atoms with Gasteiger partial charge in [-0.15, -0.1) is 0 Å². The number of ether oxygens (including phenoxy) is 3. The lowest BCUT2D eigenvalue weighted by molar-refractivity contribution is 0.143. The van der Waals surface area contributed by atoms with Crippen LogP contribution in [0, 0.1) is 0 Å². The summed E-state index contributed by atoms with van der Waals surface area (Å²) in [7, 11) is -2.74. The molecular weight excluding hydrogens is 568 g/mol. The number of hydrogen-bond donors (Lipinski definition) is 2. The van der Waals surface area contributed by atoms with Gasteiger partial charge >= 0.3 is 16.4 Å². The molecule has 1 atom stereocenters. The standard InChI is InChI=1S/C33H42N2O7S/c1-3-19-34-33(36)42-43(37,38)35-31(26-12-6-4-7-13-26)23-25-11-10-14-27(22-25)30-18-17-29(40-21-20-39-2)24-32(30)41-28-15-8-5-9-16-28/h4,6-7,10-14,17-18,22,24,28,31,35H,3,5,8-9,15-16,19-21,23H2,1-2H3,(H,34,36). The summed E-state index contributed by atoms with van der Waals surface area (Å²) in [4.78, 5) is 12.0. The van der Waals surface area contributed by atoms with Gasteiger partial charge in [0.05, 0.1) is 18.8 Å². The van der Waals surface area contributed by atoms with E-state index < -0.39 is 22.4 Å². The van der Waals surface area contributed by atoms with Gasteiger partial charge in [-0.2, -0.15) is 13.1 Å². The molecule has 0 spiro atoms. The number of amides is 1. The van der Waals surface area contributed by atoms with E-state index in [2.05, 4.69) is 10.0 Å². The normalized spacial score (nSPS) is 14.6. The van der Waals surface area contributed by atoms with E-state index in [1.807, 2.05) is 79.7 Å². The molecule has 4 rings (SSSR count). The summed E-state index contributed by atoms with van der Waals surface area (Å²) in [6.45, 7) is 3.11. The van der Waals surface area contributed by atoms with Gasteiger partial charge in [-0.25, -0.2) is 4.79 Å². The maximum Gasteiger partial charge on any atom is 0.423 e. The number of nitrogens with one attached hydrogen (secondary N) is 2. The number of carbonyl (C=O) groups excluding carboxylic acids is 1. The lowest BCUT2D eigenvalue weighted by Crippen LogP contribution is -2.36. The van der Waals surface area contributed by atoms with Crippen LogP contribution in [0.15, 0.2) is 72.8 Å². The molecule has 1 amide bonds.